The Balaban J connectivity index is 1.45. The summed E-state index contributed by atoms with van der Waals surface area (Å²) in [5.74, 6) is -2.69. The molecule has 0 aliphatic rings. The Morgan fingerprint density at radius 1 is 0.897 bits per heavy atom. The van der Waals surface area contributed by atoms with Gasteiger partial charge in [0.25, 0.3) is 5.91 Å². The summed E-state index contributed by atoms with van der Waals surface area (Å²) in [7, 11) is 0. The van der Waals surface area contributed by atoms with Crippen LogP contribution in [-0.2, 0) is 11.2 Å². The quantitative estimate of drug-likeness (QED) is 0.641. The molecule has 1 heterocycles. The van der Waals surface area contributed by atoms with E-state index in [0.29, 0.717) is 11.8 Å². The minimum atomic E-state index is -0.946. The van der Waals surface area contributed by atoms with Gasteiger partial charge < -0.3 is 10.6 Å². The number of nitrogens with one attached hydrogen (secondary N) is 2. The molecular formula is C22H19F2N3O2. The number of aromatic nitrogens is 1. The zero-order valence-electron chi connectivity index (χ0n) is 15.5. The molecule has 2 aromatic carbocycles. The first kappa shape index (κ1) is 20.1. The van der Waals surface area contributed by atoms with E-state index in [1.165, 1.54) is 0 Å². The van der Waals surface area contributed by atoms with Gasteiger partial charge in [0.15, 0.2) is 0 Å². The summed E-state index contributed by atoms with van der Waals surface area (Å²) in [6.07, 6.45) is 4.27. The lowest BCUT2D eigenvalue weighted by molar-refractivity contribution is -0.116. The maximum absolute atomic E-state index is 13.6. The summed E-state index contributed by atoms with van der Waals surface area (Å²) in [6.45, 7) is 0.0294. The van der Waals surface area contributed by atoms with Crippen molar-refractivity contribution in [3.63, 3.8) is 0 Å². The van der Waals surface area contributed by atoms with Gasteiger partial charge in [-0.25, -0.2) is 8.78 Å². The van der Waals surface area contributed by atoms with E-state index in [9.17, 15) is 18.4 Å². The molecule has 0 spiro atoms. The minimum Gasteiger partial charge on any atom is -0.351 e. The Bertz CT molecular complexity index is 993. The van der Waals surface area contributed by atoms with Gasteiger partial charge in [-0.15, -0.1) is 0 Å². The van der Waals surface area contributed by atoms with Crippen molar-refractivity contribution in [1.82, 2.24) is 10.3 Å². The lowest BCUT2D eigenvalue weighted by atomic mass is 10.1. The predicted octanol–water partition coefficient (Wildman–Crippen LogP) is 3.71. The van der Waals surface area contributed by atoms with Crippen molar-refractivity contribution < 1.29 is 18.4 Å². The fourth-order valence-electron chi connectivity index (χ4n) is 2.72. The molecule has 0 atom stereocenters. The van der Waals surface area contributed by atoms with Gasteiger partial charge in [0.2, 0.25) is 5.91 Å². The number of pyridine rings is 1. The predicted molar refractivity (Wildman–Crippen MR) is 105 cm³/mol. The van der Waals surface area contributed by atoms with E-state index in [1.807, 2.05) is 24.3 Å². The molecule has 1 aromatic heterocycles. The Morgan fingerprint density at radius 3 is 2.28 bits per heavy atom. The van der Waals surface area contributed by atoms with Crippen LogP contribution in [0, 0.1) is 11.6 Å². The van der Waals surface area contributed by atoms with Crippen LogP contribution < -0.4 is 10.6 Å². The second-order valence-corrected chi connectivity index (χ2v) is 6.41. The van der Waals surface area contributed by atoms with E-state index < -0.39 is 17.5 Å². The van der Waals surface area contributed by atoms with Gasteiger partial charge >= 0.3 is 0 Å². The van der Waals surface area contributed by atoms with Crippen molar-refractivity contribution in [3.05, 3.63) is 95.3 Å². The van der Waals surface area contributed by atoms with E-state index in [4.69, 9.17) is 0 Å². The molecule has 5 nitrogen and oxygen atoms in total. The number of carbonyl (C=O) groups excluding carboxylic acids is 2. The number of benzene rings is 2. The number of anilines is 1. The van der Waals surface area contributed by atoms with Crippen LogP contribution in [0.2, 0.25) is 0 Å². The fraction of sp³-hybridized carbons (Fsp3) is 0.136. The third-order valence-corrected chi connectivity index (χ3v) is 4.21. The largest absolute Gasteiger partial charge is 0.351 e. The summed E-state index contributed by atoms with van der Waals surface area (Å²) in [4.78, 5) is 27.9. The third-order valence-electron chi connectivity index (χ3n) is 4.21. The molecule has 3 aromatic rings. The smallest absolute Gasteiger partial charge is 0.254 e. The highest BCUT2D eigenvalue weighted by Gasteiger charge is 2.12. The fourth-order valence-corrected chi connectivity index (χ4v) is 2.72. The van der Waals surface area contributed by atoms with Crippen LogP contribution in [0.3, 0.4) is 0 Å². The van der Waals surface area contributed by atoms with E-state index in [-0.39, 0.29) is 24.4 Å². The first-order chi connectivity index (χ1) is 14.0. The maximum Gasteiger partial charge on any atom is 0.254 e. The maximum atomic E-state index is 13.6. The number of carbonyl (C=O) groups is 2. The Labute approximate surface area is 166 Å². The third kappa shape index (κ3) is 5.93. The van der Waals surface area contributed by atoms with Crippen LogP contribution in [0.4, 0.5) is 14.5 Å². The molecule has 0 saturated heterocycles. The van der Waals surface area contributed by atoms with Gasteiger partial charge in [0, 0.05) is 37.1 Å². The van der Waals surface area contributed by atoms with Gasteiger partial charge in [-0.2, -0.15) is 0 Å². The highest BCUT2D eigenvalue weighted by Crippen LogP contribution is 2.13. The monoisotopic (exact) mass is 395 g/mol. The van der Waals surface area contributed by atoms with Gasteiger partial charge in [-0.05, 0) is 53.9 Å². The van der Waals surface area contributed by atoms with Crippen LogP contribution >= 0.6 is 0 Å². The molecule has 29 heavy (non-hydrogen) atoms. The first-order valence-corrected chi connectivity index (χ1v) is 9.02. The molecule has 0 aliphatic heterocycles. The summed E-state index contributed by atoms with van der Waals surface area (Å²) < 4.78 is 26.4. The van der Waals surface area contributed by atoms with E-state index in [1.54, 1.807) is 24.5 Å². The lowest BCUT2D eigenvalue weighted by Gasteiger charge is -2.08. The Morgan fingerprint density at radius 2 is 1.59 bits per heavy atom. The average molecular weight is 395 g/mol. The van der Waals surface area contributed by atoms with Crippen LogP contribution in [-0.4, -0.2) is 23.3 Å². The van der Waals surface area contributed by atoms with Crippen molar-refractivity contribution in [1.29, 1.82) is 0 Å². The Kier molecular flexibility index (Phi) is 6.63. The second kappa shape index (κ2) is 9.54. The van der Waals surface area contributed by atoms with E-state index in [0.717, 1.165) is 29.7 Å². The zero-order valence-corrected chi connectivity index (χ0v) is 15.5. The van der Waals surface area contributed by atoms with Crippen molar-refractivity contribution >= 4 is 17.5 Å². The molecule has 3 rings (SSSR count). The number of amides is 2. The van der Waals surface area contributed by atoms with Crippen LogP contribution in [0.25, 0.3) is 0 Å². The molecule has 0 bridgehead atoms. The van der Waals surface area contributed by atoms with Crippen LogP contribution in [0.1, 0.15) is 27.9 Å². The molecule has 0 radical (unpaired) electrons. The van der Waals surface area contributed by atoms with Crippen molar-refractivity contribution in [2.45, 2.75) is 12.8 Å². The Hall–Kier alpha value is -3.61. The van der Waals surface area contributed by atoms with Gasteiger partial charge in [-0.3, -0.25) is 14.6 Å². The standard InChI is InChI=1S/C22H19F2N3O2/c23-17-3-6-19(20(24)14-17)22(29)26-12-9-21(28)27-18-4-1-15(2-5-18)13-16-7-10-25-11-8-16/h1-8,10-11,14H,9,12-13H2,(H,26,29)(H,27,28). The zero-order chi connectivity index (χ0) is 20.6. The van der Waals surface area contributed by atoms with E-state index in [2.05, 4.69) is 15.6 Å². The van der Waals surface area contributed by atoms with Gasteiger partial charge in [0.1, 0.15) is 11.6 Å². The highest BCUT2D eigenvalue weighted by molar-refractivity contribution is 5.95. The molecule has 148 valence electrons. The summed E-state index contributed by atoms with van der Waals surface area (Å²) in [6, 6.07) is 14.1. The van der Waals surface area contributed by atoms with Gasteiger partial charge in [-0.1, -0.05) is 12.1 Å². The number of hydrogen-bond donors (Lipinski definition) is 2. The summed E-state index contributed by atoms with van der Waals surface area (Å²) >= 11 is 0. The van der Waals surface area contributed by atoms with Crippen molar-refractivity contribution in [3.8, 4) is 0 Å². The van der Waals surface area contributed by atoms with Crippen LogP contribution in [0.5, 0.6) is 0 Å². The SMILES string of the molecule is O=C(CCNC(=O)c1ccc(F)cc1F)Nc1ccc(Cc2ccncc2)cc1. The normalized spacial score (nSPS) is 10.4. The molecule has 7 heteroatoms. The molecule has 0 fully saturated rings. The first-order valence-electron chi connectivity index (χ1n) is 9.02. The number of nitrogens with zero attached hydrogens (tertiary/aromatic N) is 1. The molecule has 2 amide bonds. The van der Waals surface area contributed by atoms with Gasteiger partial charge in [0.05, 0.1) is 5.56 Å². The lowest BCUT2D eigenvalue weighted by Crippen LogP contribution is -2.28. The topological polar surface area (TPSA) is 71.1 Å². The van der Waals surface area contributed by atoms with Crippen molar-refractivity contribution in [2.24, 2.45) is 0 Å². The number of rotatable bonds is 7. The minimum absolute atomic E-state index is 0.0212. The average Bonchev–Trinajstić information content (AvgIpc) is 2.70. The molecular weight excluding hydrogens is 376 g/mol. The second-order valence-electron chi connectivity index (χ2n) is 6.41. The molecule has 0 aliphatic carbocycles. The number of halogens is 2. The molecule has 0 unspecified atom stereocenters. The highest BCUT2D eigenvalue weighted by atomic mass is 19.1. The molecule has 2 N–H and O–H groups in total. The molecule has 0 saturated carbocycles. The van der Waals surface area contributed by atoms with E-state index >= 15 is 0 Å². The summed E-state index contributed by atoms with van der Waals surface area (Å²) in [5, 5.41) is 5.19. The summed E-state index contributed by atoms with van der Waals surface area (Å²) in [5.41, 5.74) is 2.62. The number of hydrogen-bond acceptors (Lipinski definition) is 3. The van der Waals surface area contributed by atoms with Crippen LogP contribution in [0.15, 0.2) is 67.0 Å². The van der Waals surface area contributed by atoms with Crippen molar-refractivity contribution in [2.75, 3.05) is 11.9 Å².